The van der Waals surface area contributed by atoms with Crippen LogP contribution in [0.15, 0.2) is 0 Å². The highest BCUT2D eigenvalue weighted by Crippen LogP contribution is 2.22. The number of nitrogens with zero attached hydrogens (tertiary/aromatic N) is 2. The number of aromatic nitrogens is 2. The molecule has 1 aromatic rings. The van der Waals surface area contributed by atoms with Gasteiger partial charge in [-0.1, -0.05) is 11.3 Å². The lowest BCUT2D eigenvalue weighted by Gasteiger charge is -2.05. The fourth-order valence-corrected chi connectivity index (χ4v) is 1.56. The minimum atomic E-state index is -4.13. The van der Waals surface area contributed by atoms with E-state index in [2.05, 4.69) is 10.2 Å². The Bertz CT molecular complexity index is 305. The van der Waals surface area contributed by atoms with Crippen molar-refractivity contribution in [1.82, 2.24) is 10.2 Å². The summed E-state index contributed by atoms with van der Waals surface area (Å²) in [5.74, 6) is 0.226. The monoisotopic (exact) mass is 260 g/mol. The summed E-state index contributed by atoms with van der Waals surface area (Å²) in [7, 11) is 0. The molecular weight excluding hydrogens is 253 g/mol. The van der Waals surface area contributed by atoms with Gasteiger partial charge in [-0.2, -0.15) is 13.2 Å². The Morgan fingerprint density at radius 2 is 2.07 bits per heavy atom. The fraction of sp³-hybridized carbons (Fsp3) is 0.714. The third-order valence-electron chi connectivity index (χ3n) is 1.39. The Kier molecular flexibility index (Phi) is 4.59. The van der Waals surface area contributed by atoms with Crippen molar-refractivity contribution in [3.63, 3.8) is 0 Å². The average Bonchev–Trinajstić information content (AvgIpc) is 2.59. The molecule has 0 N–H and O–H groups in total. The van der Waals surface area contributed by atoms with Gasteiger partial charge in [-0.05, 0) is 6.42 Å². The molecule has 0 bridgehead atoms. The van der Waals surface area contributed by atoms with E-state index < -0.39 is 12.6 Å². The zero-order valence-corrected chi connectivity index (χ0v) is 9.12. The Morgan fingerprint density at radius 1 is 1.33 bits per heavy atom. The quantitative estimate of drug-likeness (QED) is 0.603. The molecule has 0 saturated heterocycles. The maximum Gasteiger partial charge on any atom is 0.389 e. The van der Waals surface area contributed by atoms with E-state index in [9.17, 15) is 13.2 Å². The minimum Gasteiger partial charge on any atom is -0.469 e. The summed E-state index contributed by atoms with van der Waals surface area (Å²) in [5, 5.41) is 8.10. The van der Waals surface area contributed by atoms with Crippen LogP contribution in [0.1, 0.15) is 17.8 Å². The number of halogens is 4. The average molecular weight is 261 g/mol. The van der Waals surface area contributed by atoms with Crippen LogP contribution in [0.2, 0.25) is 0 Å². The van der Waals surface area contributed by atoms with Gasteiger partial charge >= 0.3 is 6.18 Å². The van der Waals surface area contributed by atoms with Crippen LogP contribution in [-0.2, 0) is 5.88 Å². The van der Waals surface area contributed by atoms with Crippen LogP contribution in [0, 0.1) is 0 Å². The normalized spacial score (nSPS) is 11.7. The smallest absolute Gasteiger partial charge is 0.389 e. The van der Waals surface area contributed by atoms with Gasteiger partial charge in [0.1, 0.15) is 5.01 Å². The maximum absolute atomic E-state index is 11.7. The Balaban J connectivity index is 2.20. The highest BCUT2D eigenvalue weighted by molar-refractivity contribution is 7.13. The molecule has 0 amide bonds. The van der Waals surface area contributed by atoms with E-state index in [0.29, 0.717) is 5.01 Å². The lowest BCUT2D eigenvalue weighted by Crippen LogP contribution is -2.09. The van der Waals surface area contributed by atoms with Gasteiger partial charge in [-0.15, -0.1) is 21.8 Å². The first-order valence-corrected chi connectivity index (χ1v) is 5.44. The maximum atomic E-state index is 11.7. The van der Waals surface area contributed by atoms with E-state index in [-0.39, 0.29) is 24.1 Å². The van der Waals surface area contributed by atoms with Gasteiger partial charge in [-0.3, -0.25) is 0 Å². The topological polar surface area (TPSA) is 35.0 Å². The molecule has 0 fully saturated rings. The van der Waals surface area contributed by atoms with Crippen LogP contribution in [0.3, 0.4) is 0 Å². The molecule has 0 unspecified atom stereocenters. The molecule has 0 aromatic carbocycles. The molecule has 0 saturated carbocycles. The number of alkyl halides is 4. The molecule has 8 heteroatoms. The van der Waals surface area contributed by atoms with Gasteiger partial charge in [-0.25, -0.2) is 0 Å². The summed E-state index contributed by atoms with van der Waals surface area (Å²) >= 11 is 6.60. The SMILES string of the molecule is FC(F)(F)CCCOc1nnc(CCl)s1. The first-order chi connectivity index (χ1) is 7.01. The van der Waals surface area contributed by atoms with Crippen LogP contribution in [0.25, 0.3) is 0 Å². The molecule has 0 aliphatic rings. The summed E-state index contributed by atoms with van der Waals surface area (Å²) in [4.78, 5) is 0. The van der Waals surface area contributed by atoms with Crippen molar-refractivity contribution in [2.24, 2.45) is 0 Å². The van der Waals surface area contributed by atoms with Crippen molar-refractivity contribution in [3.8, 4) is 5.19 Å². The van der Waals surface area contributed by atoms with E-state index in [1.54, 1.807) is 0 Å². The van der Waals surface area contributed by atoms with E-state index in [1.165, 1.54) is 0 Å². The van der Waals surface area contributed by atoms with Crippen LogP contribution in [0.4, 0.5) is 13.2 Å². The molecular formula is C7H8ClF3N2OS. The van der Waals surface area contributed by atoms with Gasteiger partial charge in [0.15, 0.2) is 0 Å². The van der Waals surface area contributed by atoms with Crippen LogP contribution in [0.5, 0.6) is 5.19 Å². The van der Waals surface area contributed by atoms with Crippen LogP contribution in [-0.4, -0.2) is 23.0 Å². The lowest BCUT2D eigenvalue weighted by molar-refractivity contribution is -0.136. The first kappa shape index (κ1) is 12.5. The summed E-state index contributed by atoms with van der Waals surface area (Å²) in [6.07, 6.45) is -5.07. The van der Waals surface area contributed by atoms with Crippen molar-refractivity contribution in [3.05, 3.63) is 5.01 Å². The molecule has 0 aliphatic carbocycles. The molecule has 0 atom stereocenters. The van der Waals surface area contributed by atoms with E-state index >= 15 is 0 Å². The van der Waals surface area contributed by atoms with Gasteiger partial charge < -0.3 is 4.74 Å². The molecule has 0 aliphatic heterocycles. The molecule has 1 rings (SSSR count). The highest BCUT2D eigenvalue weighted by Gasteiger charge is 2.26. The molecule has 15 heavy (non-hydrogen) atoms. The predicted molar refractivity (Wildman–Crippen MR) is 50.3 cm³/mol. The second-order valence-corrected chi connectivity index (χ2v) is 3.95. The summed E-state index contributed by atoms with van der Waals surface area (Å²) < 4.78 is 40.2. The molecule has 0 radical (unpaired) electrons. The standard InChI is InChI=1S/C7H8ClF3N2OS/c8-4-5-12-13-6(15-5)14-3-1-2-7(9,10)11/h1-4H2. The third-order valence-corrected chi connectivity index (χ3v) is 2.64. The van der Waals surface area contributed by atoms with Crippen LogP contribution < -0.4 is 4.74 Å². The highest BCUT2D eigenvalue weighted by atomic mass is 35.5. The Hall–Kier alpha value is -0.560. The second kappa shape index (κ2) is 5.50. The van der Waals surface area contributed by atoms with E-state index in [0.717, 1.165) is 11.3 Å². The van der Waals surface area contributed by atoms with Crippen LogP contribution >= 0.6 is 22.9 Å². The zero-order valence-electron chi connectivity index (χ0n) is 7.55. The van der Waals surface area contributed by atoms with E-state index in [1.807, 2.05) is 0 Å². The summed E-state index contributed by atoms with van der Waals surface area (Å²) in [6.45, 7) is -0.0174. The van der Waals surface area contributed by atoms with Crippen molar-refractivity contribution < 1.29 is 17.9 Å². The van der Waals surface area contributed by atoms with Gasteiger partial charge in [0.2, 0.25) is 0 Å². The summed E-state index contributed by atoms with van der Waals surface area (Å²) in [6, 6.07) is 0. The van der Waals surface area contributed by atoms with Gasteiger partial charge in [0.05, 0.1) is 12.5 Å². The summed E-state index contributed by atoms with van der Waals surface area (Å²) in [5.41, 5.74) is 0. The van der Waals surface area contributed by atoms with Gasteiger partial charge in [0, 0.05) is 6.42 Å². The minimum absolute atomic E-state index is 0.0174. The first-order valence-electron chi connectivity index (χ1n) is 4.09. The molecule has 1 aromatic heterocycles. The predicted octanol–water partition coefficient (Wildman–Crippen LogP) is 3.00. The Morgan fingerprint density at radius 3 is 2.60 bits per heavy atom. The molecule has 1 heterocycles. The van der Waals surface area contributed by atoms with Crippen molar-refractivity contribution in [2.45, 2.75) is 24.9 Å². The molecule has 0 spiro atoms. The van der Waals surface area contributed by atoms with Gasteiger partial charge in [0.25, 0.3) is 5.19 Å². The zero-order chi connectivity index (χ0) is 11.3. The third kappa shape index (κ3) is 5.17. The molecule has 86 valence electrons. The number of hydrogen-bond donors (Lipinski definition) is 0. The van der Waals surface area contributed by atoms with Crippen molar-refractivity contribution in [2.75, 3.05) is 6.61 Å². The number of ether oxygens (including phenoxy) is 1. The van der Waals surface area contributed by atoms with Crippen molar-refractivity contribution in [1.29, 1.82) is 0 Å². The number of hydrogen-bond acceptors (Lipinski definition) is 4. The van der Waals surface area contributed by atoms with Crippen molar-refractivity contribution >= 4 is 22.9 Å². The second-order valence-electron chi connectivity index (χ2n) is 2.66. The lowest BCUT2D eigenvalue weighted by atomic mass is 10.3. The molecule has 3 nitrogen and oxygen atoms in total. The van der Waals surface area contributed by atoms with E-state index in [4.69, 9.17) is 16.3 Å². The Labute approximate surface area is 93.2 Å². The largest absolute Gasteiger partial charge is 0.469 e. The fourth-order valence-electron chi connectivity index (χ4n) is 0.783. The number of rotatable bonds is 5.